The van der Waals surface area contributed by atoms with E-state index in [0.29, 0.717) is 35.6 Å². The van der Waals surface area contributed by atoms with Crippen molar-refractivity contribution >= 4 is 46.0 Å². The third kappa shape index (κ3) is 4.43. The van der Waals surface area contributed by atoms with Crippen molar-refractivity contribution in [1.29, 1.82) is 5.26 Å². The van der Waals surface area contributed by atoms with Crippen molar-refractivity contribution in [1.82, 2.24) is 19.9 Å². The second-order valence-corrected chi connectivity index (χ2v) is 8.55. The van der Waals surface area contributed by atoms with Gasteiger partial charge in [-0.05, 0) is 37.6 Å². The molecule has 4 rings (SSSR count). The maximum Gasteiger partial charge on any atom is 0.356 e. The number of hydrogen-bond donors (Lipinski definition) is 2. The predicted octanol–water partition coefficient (Wildman–Crippen LogP) is 3.01. The number of likely N-dealkylation sites (N-methyl/N-ethyl adjacent to an activating group) is 1. The summed E-state index contributed by atoms with van der Waals surface area (Å²) in [5.41, 5.74) is 3.04. The number of nitriles is 1. The number of aryl methyl sites for hydroxylation is 1. The maximum atomic E-state index is 12.3. The summed E-state index contributed by atoms with van der Waals surface area (Å²) >= 11 is 5.87. The highest BCUT2D eigenvalue weighted by atomic mass is 35.5. The summed E-state index contributed by atoms with van der Waals surface area (Å²) in [7, 11) is 1.74. The van der Waals surface area contributed by atoms with Crippen LogP contribution >= 0.6 is 11.6 Å². The number of hydrogen-bond acceptors (Lipinski definition) is 8. The molecule has 1 aromatic carbocycles. The second kappa shape index (κ2) is 9.11. The van der Waals surface area contributed by atoms with Crippen LogP contribution in [-0.2, 0) is 4.79 Å². The molecule has 1 aliphatic rings. The standard InChI is InChI=1S/C23H22ClN7O3/c1-12-8-14(13(2)26-15-4-5-18(24)28-21(15)23(33)34)20-16(9-12)27-17(10-25)22(29-20)31-7-6-30(3)19(32)11-31/h4-5,8-9,13,26H,6-7,11H2,1-3H3,(H,33,34)/t13-/m1/s1. The van der Waals surface area contributed by atoms with E-state index in [1.54, 1.807) is 22.9 Å². The highest BCUT2D eigenvalue weighted by Gasteiger charge is 2.26. The minimum absolute atomic E-state index is 0.0624. The predicted molar refractivity (Wildman–Crippen MR) is 127 cm³/mol. The summed E-state index contributed by atoms with van der Waals surface area (Å²) in [5.74, 6) is -0.910. The average Bonchev–Trinajstić information content (AvgIpc) is 2.80. The van der Waals surface area contributed by atoms with Crippen LogP contribution in [0.15, 0.2) is 24.3 Å². The molecule has 1 atom stereocenters. The highest BCUT2D eigenvalue weighted by molar-refractivity contribution is 6.29. The molecule has 0 unspecified atom stereocenters. The molecule has 0 aliphatic carbocycles. The Hall–Kier alpha value is -3.97. The Balaban J connectivity index is 1.79. The van der Waals surface area contributed by atoms with Gasteiger partial charge in [-0.25, -0.2) is 19.7 Å². The Kier molecular flexibility index (Phi) is 6.22. The van der Waals surface area contributed by atoms with Gasteiger partial charge in [0.05, 0.1) is 29.3 Å². The summed E-state index contributed by atoms with van der Waals surface area (Å²) in [6.45, 7) is 4.93. The normalized spacial score (nSPS) is 14.7. The molecule has 3 aromatic rings. The second-order valence-electron chi connectivity index (χ2n) is 8.17. The van der Waals surface area contributed by atoms with Gasteiger partial charge >= 0.3 is 5.97 Å². The first-order chi connectivity index (χ1) is 16.2. The van der Waals surface area contributed by atoms with Crippen LogP contribution < -0.4 is 10.2 Å². The fourth-order valence-electron chi connectivity index (χ4n) is 3.91. The SMILES string of the molecule is Cc1cc([C@@H](C)Nc2ccc(Cl)nc2C(=O)O)c2nc(N3CCN(C)C(=O)C3)c(C#N)nc2c1. The van der Waals surface area contributed by atoms with Crippen LogP contribution in [-0.4, -0.2) is 63.5 Å². The number of piperazine rings is 1. The number of fused-ring (bicyclic) bond motifs is 1. The van der Waals surface area contributed by atoms with Gasteiger partial charge in [-0.15, -0.1) is 0 Å². The van der Waals surface area contributed by atoms with Crippen molar-refractivity contribution in [3.05, 3.63) is 51.9 Å². The fourth-order valence-corrected chi connectivity index (χ4v) is 4.06. The molecule has 1 amide bonds. The fraction of sp³-hybridized carbons (Fsp3) is 0.304. The third-order valence-electron chi connectivity index (χ3n) is 5.69. The Labute approximate surface area is 200 Å². The first-order valence-corrected chi connectivity index (χ1v) is 10.9. The highest BCUT2D eigenvalue weighted by Crippen LogP contribution is 2.30. The van der Waals surface area contributed by atoms with Gasteiger partial charge in [0.2, 0.25) is 5.91 Å². The monoisotopic (exact) mass is 479 g/mol. The summed E-state index contributed by atoms with van der Waals surface area (Å²) < 4.78 is 0. The summed E-state index contributed by atoms with van der Waals surface area (Å²) in [4.78, 5) is 40.5. The Morgan fingerprint density at radius 3 is 2.71 bits per heavy atom. The molecule has 2 aromatic heterocycles. The number of halogens is 1. The largest absolute Gasteiger partial charge is 0.476 e. The summed E-state index contributed by atoms with van der Waals surface area (Å²) in [6, 6.07) is 8.57. The molecule has 1 saturated heterocycles. The van der Waals surface area contributed by atoms with E-state index < -0.39 is 5.97 Å². The van der Waals surface area contributed by atoms with E-state index in [1.807, 2.05) is 26.0 Å². The van der Waals surface area contributed by atoms with Gasteiger partial charge in [-0.1, -0.05) is 17.7 Å². The van der Waals surface area contributed by atoms with Gasteiger partial charge in [0, 0.05) is 25.7 Å². The number of rotatable bonds is 5. The van der Waals surface area contributed by atoms with E-state index in [2.05, 4.69) is 21.4 Å². The molecule has 0 saturated carbocycles. The average molecular weight is 480 g/mol. The molecule has 0 radical (unpaired) electrons. The number of amides is 1. The molecule has 34 heavy (non-hydrogen) atoms. The Morgan fingerprint density at radius 2 is 2.03 bits per heavy atom. The van der Waals surface area contributed by atoms with Gasteiger partial charge in [0.1, 0.15) is 11.2 Å². The number of nitrogens with zero attached hydrogens (tertiary/aromatic N) is 6. The van der Waals surface area contributed by atoms with E-state index in [1.165, 1.54) is 6.07 Å². The van der Waals surface area contributed by atoms with Gasteiger partial charge < -0.3 is 20.2 Å². The van der Waals surface area contributed by atoms with Crippen molar-refractivity contribution in [2.75, 3.05) is 36.9 Å². The van der Waals surface area contributed by atoms with Crippen LogP contribution in [0.5, 0.6) is 0 Å². The van der Waals surface area contributed by atoms with Crippen molar-refractivity contribution in [2.45, 2.75) is 19.9 Å². The van der Waals surface area contributed by atoms with Gasteiger partial charge in [-0.2, -0.15) is 5.26 Å². The quantitative estimate of drug-likeness (QED) is 0.529. The van der Waals surface area contributed by atoms with E-state index in [0.717, 1.165) is 11.1 Å². The minimum Gasteiger partial charge on any atom is -0.476 e. The van der Waals surface area contributed by atoms with Crippen molar-refractivity contribution in [3.8, 4) is 6.07 Å². The first kappa shape index (κ1) is 23.2. The van der Waals surface area contributed by atoms with E-state index >= 15 is 0 Å². The Morgan fingerprint density at radius 1 is 1.26 bits per heavy atom. The number of carbonyl (C=O) groups is 2. The molecule has 0 spiro atoms. The van der Waals surface area contributed by atoms with Crippen molar-refractivity contribution in [2.24, 2.45) is 0 Å². The van der Waals surface area contributed by atoms with E-state index in [-0.39, 0.29) is 35.0 Å². The van der Waals surface area contributed by atoms with Gasteiger partial charge in [0.15, 0.2) is 17.2 Å². The molecule has 1 fully saturated rings. The Bertz CT molecular complexity index is 1350. The third-order valence-corrected chi connectivity index (χ3v) is 5.90. The number of anilines is 2. The van der Waals surface area contributed by atoms with Crippen LogP contribution in [0.1, 0.15) is 40.3 Å². The van der Waals surface area contributed by atoms with Crippen molar-refractivity contribution < 1.29 is 14.7 Å². The molecule has 2 N–H and O–H groups in total. The lowest BCUT2D eigenvalue weighted by molar-refractivity contribution is -0.129. The first-order valence-electron chi connectivity index (χ1n) is 10.6. The number of aromatic carboxylic acids is 1. The zero-order valence-electron chi connectivity index (χ0n) is 18.8. The van der Waals surface area contributed by atoms with Gasteiger partial charge in [-0.3, -0.25) is 4.79 Å². The summed E-state index contributed by atoms with van der Waals surface area (Å²) in [5, 5.41) is 22.5. The van der Waals surface area contributed by atoms with Crippen molar-refractivity contribution in [3.63, 3.8) is 0 Å². The number of carboxylic acid groups (broad SMARTS) is 1. The lowest BCUT2D eigenvalue weighted by atomic mass is 10.0. The minimum atomic E-state index is -1.20. The topological polar surface area (TPSA) is 135 Å². The zero-order chi connectivity index (χ0) is 24.6. The number of pyridine rings is 1. The number of carbonyl (C=O) groups excluding carboxylic acids is 1. The van der Waals surface area contributed by atoms with Crippen LogP contribution in [0.25, 0.3) is 11.0 Å². The molecular weight excluding hydrogens is 458 g/mol. The number of carboxylic acids is 1. The van der Waals surface area contributed by atoms with E-state index in [4.69, 9.17) is 16.6 Å². The van der Waals surface area contributed by atoms with Gasteiger partial charge in [0.25, 0.3) is 0 Å². The molecule has 3 heterocycles. The zero-order valence-corrected chi connectivity index (χ0v) is 19.6. The molecular formula is C23H22ClN7O3. The lowest BCUT2D eigenvalue weighted by Gasteiger charge is -2.33. The number of aromatic nitrogens is 3. The van der Waals surface area contributed by atoms with E-state index in [9.17, 15) is 20.0 Å². The number of benzene rings is 1. The van der Waals surface area contributed by atoms with Crippen LogP contribution in [0, 0.1) is 18.3 Å². The molecule has 10 nitrogen and oxygen atoms in total. The van der Waals surface area contributed by atoms with Crippen LogP contribution in [0.2, 0.25) is 5.15 Å². The van der Waals surface area contributed by atoms with Crippen LogP contribution in [0.3, 0.4) is 0 Å². The molecule has 1 aliphatic heterocycles. The molecule has 0 bridgehead atoms. The maximum absolute atomic E-state index is 12.3. The molecule has 174 valence electrons. The lowest BCUT2D eigenvalue weighted by Crippen LogP contribution is -2.49. The summed E-state index contributed by atoms with van der Waals surface area (Å²) in [6.07, 6.45) is 0. The number of nitrogens with one attached hydrogen (secondary N) is 1. The smallest absolute Gasteiger partial charge is 0.356 e. The molecule has 11 heteroatoms. The van der Waals surface area contributed by atoms with Crippen LogP contribution in [0.4, 0.5) is 11.5 Å².